The third-order valence-electron chi connectivity index (χ3n) is 2.80. The van der Waals surface area contributed by atoms with Crippen LogP contribution in [0.5, 0.6) is 5.75 Å². The van der Waals surface area contributed by atoms with Crippen LogP contribution in [-0.2, 0) is 9.53 Å². The van der Waals surface area contributed by atoms with Gasteiger partial charge in [-0.2, -0.15) is 5.26 Å². The minimum atomic E-state index is -0.575. The van der Waals surface area contributed by atoms with E-state index in [0.717, 1.165) is 29.7 Å². The van der Waals surface area contributed by atoms with Crippen LogP contribution >= 0.6 is 0 Å². The van der Waals surface area contributed by atoms with E-state index < -0.39 is 5.97 Å². The largest absolute Gasteiger partial charge is 0.496 e. The number of carbonyl (C=O) groups excluding carboxylic acids is 1. The summed E-state index contributed by atoms with van der Waals surface area (Å²) in [5.41, 5.74) is 1.72. The summed E-state index contributed by atoms with van der Waals surface area (Å²) in [5.74, 6) is 0.195. The fourth-order valence-electron chi connectivity index (χ4n) is 1.68. The number of hydrogen-bond donors (Lipinski definition) is 0. The number of ether oxygens (including phenoxy) is 2. The van der Waals surface area contributed by atoms with Crippen molar-refractivity contribution < 1.29 is 14.3 Å². The highest BCUT2D eigenvalue weighted by Crippen LogP contribution is 2.20. The second kappa shape index (κ2) is 8.00. The van der Waals surface area contributed by atoms with E-state index in [0.29, 0.717) is 6.61 Å². The van der Waals surface area contributed by atoms with Gasteiger partial charge in [-0.25, -0.2) is 4.79 Å². The molecule has 0 unspecified atom stereocenters. The lowest BCUT2D eigenvalue weighted by atomic mass is 10.1. The molecule has 0 radical (unpaired) electrons. The van der Waals surface area contributed by atoms with E-state index in [-0.39, 0.29) is 5.57 Å². The standard InChI is InChI=1S/C16H19NO3/c1-4-5-8-20-16(18)14(11-17)10-13-6-7-15(19-3)12(2)9-13/h6-7,9-10H,4-5,8H2,1-3H3/b14-10-. The first-order valence-electron chi connectivity index (χ1n) is 6.56. The minimum absolute atomic E-state index is 0.00525. The average molecular weight is 273 g/mol. The summed E-state index contributed by atoms with van der Waals surface area (Å²) in [6.45, 7) is 4.26. The van der Waals surface area contributed by atoms with Gasteiger partial charge < -0.3 is 9.47 Å². The topological polar surface area (TPSA) is 59.3 Å². The molecular formula is C16H19NO3. The Balaban J connectivity index is 2.86. The van der Waals surface area contributed by atoms with Crippen LogP contribution in [0.2, 0.25) is 0 Å². The van der Waals surface area contributed by atoms with Crippen molar-refractivity contribution in [2.45, 2.75) is 26.7 Å². The lowest BCUT2D eigenvalue weighted by molar-refractivity contribution is -0.138. The van der Waals surface area contributed by atoms with Gasteiger partial charge in [0.2, 0.25) is 0 Å². The van der Waals surface area contributed by atoms with E-state index in [1.807, 2.05) is 26.0 Å². The molecule has 0 bridgehead atoms. The number of methoxy groups -OCH3 is 1. The average Bonchev–Trinajstić information content (AvgIpc) is 2.45. The molecule has 20 heavy (non-hydrogen) atoms. The quantitative estimate of drug-likeness (QED) is 0.345. The molecule has 0 N–H and O–H groups in total. The summed E-state index contributed by atoms with van der Waals surface area (Å²) >= 11 is 0. The molecule has 0 saturated carbocycles. The number of nitrogens with zero attached hydrogens (tertiary/aromatic N) is 1. The molecule has 0 aliphatic carbocycles. The summed E-state index contributed by atoms with van der Waals surface area (Å²) < 4.78 is 10.2. The van der Waals surface area contributed by atoms with E-state index in [1.165, 1.54) is 6.08 Å². The second-order valence-corrected chi connectivity index (χ2v) is 4.39. The van der Waals surface area contributed by atoms with Gasteiger partial charge in [0.25, 0.3) is 0 Å². The minimum Gasteiger partial charge on any atom is -0.496 e. The van der Waals surface area contributed by atoms with Crippen LogP contribution in [0, 0.1) is 18.3 Å². The Kier molecular flexibility index (Phi) is 6.31. The molecule has 0 aliphatic heterocycles. The van der Waals surface area contributed by atoms with E-state index >= 15 is 0 Å². The Bertz CT molecular complexity index is 541. The lowest BCUT2D eigenvalue weighted by Crippen LogP contribution is -2.07. The van der Waals surface area contributed by atoms with Crippen molar-refractivity contribution in [1.82, 2.24) is 0 Å². The molecule has 0 aliphatic rings. The van der Waals surface area contributed by atoms with Crippen molar-refractivity contribution >= 4 is 12.0 Å². The molecule has 4 nitrogen and oxygen atoms in total. The van der Waals surface area contributed by atoms with E-state index in [1.54, 1.807) is 19.2 Å². The van der Waals surface area contributed by atoms with E-state index in [9.17, 15) is 4.79 Å². The van der Waals surface area contributed by atoms with Gasteiger partial charge in [0.15, 0.2) is 0 Å². The second-order valence-electron chi connectivity index (χ2n) is 4.39. The highest BCUT2D eigenvalue weighted by molar-refractivity contribution is 5.97. The summed E-state index contributed by atoms with van der Waals surface area (Å²) in [7, 11) is 1.60. The van der Waals surface area contributed by atoms with Crippen LogP contribution in [0.25, 0.3) is 6.08 Å². The van der Waals surface area contributed by atoms with Crippen molar-refractivity contribution in [2.24, 2.45) is 0 Å². The van der Waals surface area contributed by atoms with Crippen molar-refractivity contribution in [3.63, 3.8) is 0 Å². The van der Waals surface area contributed by atoms with E-state index in [2.05, 4.69) is 0 Å². The van der Waals surface area contributed by atoms with Gasteiger partial charge in [-0.05, 0) is 42.7 Å². The smallest absolute Gasteiger partial charge is 0.348 e. The van der Waals surface area contributed by atoms with Gasteiger partial charge in [0.05, 0.1) is 13.7 Å². The van der Waals surface area contributed by atoms with Gasteiger partial charge in [-0.15, -0.1) is 0 Å². The fourth-order valence-corrected chi connectivity index (χ4v) is 1.68. The van der Waals surface area contributed by atoms with E-state index in [4.69, 9.17) is 14.7 Å². The number of aryl methyl sites for hydroxylation is 1. The van der Waals surface area contributed by atoms with Crippen LogP contribution in [-0.4, -0.2) is 19.7 Å². The number of nitriles is 1. The molecular weight excluding hydrogens is 254 g/mol. The lowest BCUT2D eigenvalue weighted by Gasteiger charge is -2.06. The first-order chi connectivity index (χ1) is 9.62. The molecule has 0 saturated heterocycles. The Morgan fingerprint density at radius 3 is 2.75 bits per heavy atom. The number of hydrogen-bond acceptors (Lipinski definition) is 4. The summed E-state index contributed by atoms with van der Waals surface area (Å²) in [4.78, 5) is 11.7. The maximum atomic E-state index is 11.7. The van der Waals surface area contributed by atoms with Crippen LogP contribution < -0.4 is 4.74 Å². The molecule has 1 aromatic rings. The zero-order chi connectivity index (χ0) is 15.0. The van der Waals surface area contributed by atoms with Crippen molar-refractivity contribution in [3.8, 4) is 11.8 Å². The Morgan fingerprint density at radius 2 is 2.20 bits per heavy atom. The van der Waals surface area contributed by atoms with Crippen molar-refractivity contribution in [3.05, 3.63) is 34.9 Å². The number of rotatable bonds is 6. The van der Waals surface area contributed by atoms with Crippen LogP contribution in [0.3, 0.4) is 0 Å². The van der Waals surface area contributed by atoms with Gasteiger partial charge in [0.1, 0.15) is 17.4 Å². The Hall–Kier alpha value is -2.28. The molecule has 106 valence electrons. The predicted molar refractivity (Wildman–Crippen MR) is 77.2 cm³/mol. The van der Waals surface area contributed by atoms with Gasteiger partial charge in [0, 0.05) is 0 Å². The monoisotopic (exact) mass is 273 g/mol. The highest BCUT2D eigenvalue weighted by atomic mass is 16.5. The molecule has 0 aromatic heterocycles. The number of unbranched alkanes of at least 4 members (excludes halogenated alkanes) is 1. The summed E-state index contributed by atoms with van der Waals surface area (Å²) in [6, 6.07) is 7.34. The van der Waals surface area contributed by atoms with Crippen molar-refractivity contribution in [1.29, 1.82) is 5.26 Å². The Morgan fingerprint density at radius 1 is 1.45 bits per heavy atom. The zero-order valence-corrected chi connectivity index (χ0v) is 12.1. The molecule has 1 rings (SSSR count). The molecule has 0 amide bonds. The predicted octanol–water partition coefficient (Wildman–Crippen LogP) is 3.25. The summed E-state index contributed by atoms with van der Waals surface area (Å²) in [5, 5.41) is 9.04. The van der Waals surface area contributed by atoms with Crippen LogP contribution in [0.1, 0.15) is 30.9 Å². The van der Waals surface area contributed by atoms with Gasteiger partial charge >= 0.3 is 5.97 Å². The number of carbonyl (C=O) groups is 1. The third-order valence-corrected chi connectivity index (χ3v) is 2.80. The first kappa shape index (κ1) is 15.8. The molecule has 1 aromatic carbocycles. The Labute approximate surface area is 119 Å². The molecule has 4 heteroatoms. The van der Waals surface area contributed by atoms with Gasteiger partial charge in [-0.1, -0.05) is 19.4 Å². The van der Waals surface area contributed by atoms with Crippen molar-refractivity contribution in [2.75, 3.05) is 13.7 Å². The van der Waals surface area contributed by atoms with Crippen LogP contribution in [0.15, 0.2) is 23.8 Å². The third kappa shape index (κ3) is 4.43. The fraction of sp³-hybridized carbons (Fsp3) is 0.375. The molecule has 0 spiro atoms. The van der Waals surface area contributed by atoms with Gasteiger partial charge in [-0.3, -0.25) is 0 Å². The molecule has 0 atom stereocenters. The SMILES string of the molecule is CCCCOC(=O)/C(C#N)=C\c1ccc(OC)c(C)c1. The maximum absolute atomic E-state index is 11.7. The zero-order valence-electron chi connectivity index (χ0n) is 12.1. The van der Waals surface area contributed by atoms with Crippen LogP contribution in [0.4, 0.5) is 0 Å². The normalized spacial score (nSPS) is 10.8. The first-order valence-corrected chi connectivity index (χ1v) is 6.56. The molecule has 0 fully saturated rings. The summed E-state index contributed by atoms with van der Waals surface area (Å²) in [6.07, 6.45) is 3.27. The number of esters is 1. The highest BCUT2D eigenvalue weighted by Gasteiger charge is 2.10. The molecule has 0 heterocycles. The maximum Gasteiger partial charge on any atom is 0.348 e. The number of benzene rings is 1.